The topological polar surface area (TPSA) is 15.8 Å². The second kappa shape index (κ2) is 6.62. The van der Waals surface area contributed by atoms with Crippen molar-refractivity contribution < 1.29 is 0 Å². The molecule has 1 N–H and O–H groups in total. The molecule has 0 unspecified atom stereocenters. The molecule has 15 heavy (non-hydrogen) atoms. The third-order valence-corrected chi connectivity index (χ3v) is 2.51. The maximum atomic E-state index is 5.58. The highest BCUT2D eigenvalue weighted by Crippen LogP contribution is 2.19. The molecule has 0 saturated carbocycles. The molecular formula is C11H9Cl2NS. The Morgan fingerprint density at radius 2 is 1.40 bits per heavy atom. The lowest BCUT2D eigenvalue weighted by atomic mass is 10.4. The van der Waals surface area contributed by atoms with Gasteiger partial charge < -0.3 is 4.98 Å². The third-order valence-electron chi connectivity index (χ3n) is 1.50. The number of pyridine rings is 1. The fourth-order valence-corrected chi connectivity index (χ4v) is 1.23. The van der Waals surface area contributed by atoms with Gasteiger partial charge in [-0.15, -0.1) is 0 Å². The summed E-state index contributed by atoms with van der Waals surface area (Å²) in [5.41, 5.74) is 0. The number of nitrogens with one attached hydrogen (secondary N) is 1. The van der Waals surface area contributed by atoms with Crippen LogP contribution in [0.3, 0.4) is 0 Å². The van der Waals surface area contributed by atoms with Crippen molar-refractivity contribution in [3.05, 3.63) is 63.3 Å². The molecule has 0 aliphatic heterocycles. The lowest BCUT2D eigenvalue weighted by molar-refractivity contribution is 1.30. The van der Waals surface area contributed by atoms with E-state index in [0.29, 0.717) is 10.0 Å². The predicted octanol–water partition coefficient (Wildman–Crippen LogP) is 4.74. The van der Waals surface area contributed by atoms with Crippen molar-refractivity contribution in [1.29, 1.82) is 0 Å². The highest BCUT2D eigenvalue weighted by molar-refractivity contribution is 7.71. The van der Waals surface area contributed by atoms with Crippen LogP contribution in [0.25, 0.3) is 0 Å². The quantitative estimate of drug-likeness (QED) is 0.675. The third kappa shape index (κ3) is 4.98. The molecule has 0 aliphatic rings. The second-order valence-electron chi connectivity index (χ2n) is 2.64. The van der Waals surface area contributed by atoms with E-state index < -0.39 is 0 Å². The lowest BCUT2D eigenvalue weighted by Gasteiger charge is -1.88. The summed E-state index contributed by atoms with van der Waals surface area (Å²) in [6.45, 7) is 0. The molecule has 1 aromatic heterocycles. The number of hydrogen-bond acceptors (Lipinski definition) is 1. The molecule has 1 nitrogen and oxygen atoms in total. The van der Waals surface area contributed by atoms with E-state index in [2.05, 4.69) is 4.98 Å². The van der Waals surface area contributed by atoms with Crippen LogP contribution in [-0.2, 0) is 0 Å². The average molecular weight is 258 g/mol. The van der Waals surface area contributed by atoms with Crippen molar-refractivity contribution in [2.24, 2.45) is 0 Å². The first-order chi connectivity index (χ1) is 7.20. The van der Waals surface area contributed by atoms with E-state index in [9.17, 15) is 0 Å². The Hall–Kier alpha value is -0.830. The minimum absolute atomic E-state index is 0.606. The summed E-state index contributed by atoms with van der Waals surface area (Å²) in [5.74, 6) is 0. The fourth-order valence-electron chi connectivity index (χ4n) is 0.816. The van der Waals surface area contributed by atoms with E-state index in [4.69, 9.17) is 35.4 Å². The highest BCUT2D eigenvalue weighted by Gasteiger charge is 1.89. The molecule has 0 bridgehead atoms. The summed E-state index contributed by atoms with van der Waals surface area (Å²) in [4.78, 5) is 2.85. The summed E-state index contributed by atoms with van der Waals surface area (Å²) in [6.07, 6.45) is 1.81. The normalized spacial score (nSPS) is 8.93. The zero-order chi connectivity index (χ0) is 11.1. The molecule has 78 valence electrons. The van der Waals surface area contributed by atoms with Crippen LogP contribution in [0.5, 0.6) is 0 Å². The summed E-state index contributed by atoms with van der Waals surface area (Å²) < 4.78 is 0.780. The number of rotatable bonds is 0. The van der Waals surface area contributed by atoms with Crippen LogP contribution >= 0.6 is 35.4 Å². The van der Waals surface area contributed by atoms with Crippen molar-refractivity contribution in [2.45, 2.75) is 0 Å². The predicted molar refractivity (Wildman–Crippen MR) is 68.1 cm³/mol. The minimum Gasteiger partial charge on any atom is -0.353 e. The van der Waals surface area contributed by atoms with E-state index in [1.807, 2.05) is 36.5 Å². The van der Waals surface area contributed by atoms with Crippen molar-refractivity contribution in [2.75, 3.05) is 0 Å². The van der Waals surface area contributed by atoms with Gasteiger partial charge >= 0.3 is 0 Å². The largest absolute Gasteiger partial charge is 0.353 e. The highest BCUT2D eigenvalue weighted by atomic mass is 35.5. The first kappa shape index (κ1) is 12.2. The first-order valence-corrected chi connectivity index (χ1v) is 5.40. The van der Waals surface area contributed by atoms with Crippen LogP contribution in [0.15, 0.2) is 48.7 Å². The Bertz CT molecular complexity index is 429. The summed E-state index contributed by atoms with van der Waals surface area (Å²) in [5, 5.41) is 1.21. The molecule has 2 aromatic rings. The minimum atomic E-state index is 0.606. The van der Waals surface area contributed by atoms with E-state index in [0.717, 1.165) is 4.64 Å². The molecule has 0 spiro atoms. The average Bonchev–Trinajstić information content (AvgIpc) is 2.25. The van der Waals surface area contributed by atoms with Crippen LogP contribution in [0.1, 0.15) is 0 Å². The number of aromatic amines is 1. The molecule has 0 radical (unpaired) electrons. The van der Waals surface area contributed by atoms with Crippen LogP contribution < -0.4 is 0 Å². The van der Waals surface area contributed by atoms with Crippen molar-refractivity contribution in [3.63, 3.8) is 0 Å². The maximum Gasteiger partial charge on any atom is 0.103 e. The second-order valence-corrected chi connectivity index (χ2v) is 3.90. The van der Waals surface area contributed by atoms with Crippen LogP contribution in [0.4, 0.5) is 0 Å². The molecule has 2 rings (SSSR count). The lowest BCUT2D eigenvalue weighted by Crippen LogP contribution is -1.64. The zero-order valence-electron chi connectivity index (χ0n) is 7.78. The van der Waals surface area contributed by atoms with Gasteiger partial charge in [0.05, 0.1) is 10.0 Å². The van der Waals surface area contributed by atoms with Gasteiger partial charge in [0.2, 0.25) is 0 Å². The SMILES string of the molecule is Clc1ccccc1Cl.S=c1cccc[nH]1. The van der Waals surface area contributed by atoms with E-state index in [1.165, 1.54) is 0 Å². The van der Waals surface area contributed by atoms with Gasteiger partial charge in [0.25, 0.3) is 0 Å². The van der Waals surface area contributed by atoms with Gasteiger partial charge in [-0.2, -0.15) is 0 Å². The van der Waals surface area contributed by atoms with Gasteiger partial charge in [0.15, 0.2) is 0 Å². The molecule has 0 saturated heterocycles. The molecule has 0 aliphatic carbocycles. The molecular weight excluding hydrogens is 249 g/mol. The van der Waals surface area contributed by atoms with Crippen molar-refractivity contribution in [3.8, 4) is 0 Å². The smallest absolute Gasteiger partial charge is 0.103 e. The van der Waals surface area contributed by atoms with E-state index in [-0.39, 0.29) is 0 Å². The molecule has 0 amide bonds. The first-order valence-electron chi connectivity index (χ1n) is 4.24. The summed E-state index contributed by atoms with van der Waals surface area (Å²) >= 11 is 15.9. The van der Waals surface area contributed by atoms with Gasteiger partial charge in [-0.1, -0.05) is 53.6 Å². The monoisotopic (exact) mass is 257 g/mol. The van der Waals surface area contributed by atoms with Gasteiger partial charge in [-0.25, -0.2) is 0 Å². The molecule has 4 heteroatoms. The molecule has 0 fully saturated rings. The Kier molecular flexibility index (Phi) is 5.40. The Morgan fingerprint density at radius 1 is 0.867 bits per heavy atom. The van der Waals surface area contributed by atoms with E-state index >= 15 is 0 Å². The van der Waals surface area contributed by atoms with Gasteiger partial charge in [-0.05, 0) is 24.3 Å². The summed E-state index contributed by atoms with van der Waals surface area (Å²) in [6, 6.07) is 12.8. The van der Waals surface area contributed by atoms with Gasteiger partial charge in [0, 0.05) is 6.20 Å². The Labute approximate surface area is 104 Å². The number of H-pyrrole nitrogens is 1. The van der Waals surface area contributed by atoms with Gasteiger partial charge in [-0.3, -0.25) is 0 Å². The molecule has 1 heterocycles. The number of hydrogen-bond donors (Lipinski definition) is 1. The van der Waals surface area contributed by atoms with E-state index in [1.54, 1.807) is 12.1 Å². The molecule has 1 aromatic carbocycles. The Morgan fingerprint density at radius 3 is 1.67 bits per heavy atom. The summed E-state index contributed by atoms with van der Waals surface area (Å²) in [7, 11) is 0. The standard InChI is InChI=1S/C6H4Cl2.C5H5NS/c7-5-3-1-2-4-6(5)8;7-5-3-1-2-4-6-5/h1-4H;1-4H,(H,6,7). The zero-order valence-corrected chi connectivity index (χ0v) is 10.1. The van der Waals surface area contributed by atoms with Crippen molar-refractivity contribution in [1.82, 2.24) is 4.98 Å². The Balaban J connectivity index is 0.000000151. The van der Waals surface area contributed by atoms with Crippen LogP contribution in [-0.4, -0.2) is 4.98 Å². The number of benzene rings is 1. The fraction of sp³-hybridized carbons (Fsp3) is 0. The molecule has 0 atom stereocenters. The van der Waals surface area contributed by atoms with Gasteiger partial charge in [0.1, 0.15) is 4.64 Å². The van der Waals surface area contributed by atoms with Crippen LogP contribution in [0.2, 0.25) is 10.0 Å². The van der Waals surface area contributed by atoms with Crippen LogP contribution in [0, 0.1) is 4.64 Å². The number of halogens is 2. The maximum absolute atomic E-state index is 5.58. The van der Waals surface area contributed by atoms with Crippen molar-refractivity contribution >= 4 is 35.4 Å². The number of aromatic nitrogens is 1.